The lowest BCUT2D eigenvalue weighted by atomic mass is 10.2. The average Bonchev–Trinajstić information content (AvgIpc) is 2.67. The Hall–Kier alpha value is -1.61. The molecule has 0 heterocycles. The van der Waals surface area contributed by atoms with Gasteiger partial charge in [0.05, 0.1) is 13.7 Å². The van der Waals surface area contributed by atoms with Crippen molar-refractivity contribution in [2.75, 3.05) is 26.0 Å². The van der Waals surface area contributed by atoms with Gasteiger partial charge in [0.15, 0.2) is 5.96 Å². The molecule has 2 rings (SSSR count). The fourth-order valence-corrected chi connectivity index (χ4v) is 3.49. The molecule has 5 nitrogen and oxygen atoms in total. The van der Waals surface area contributed by atoms with Crippen LogP contribution in [-0.4, -0.2) is 36.1 Å². The molecule has 2 aromatic rings. The third-order valence-electron chi connectivity index (χ3n) is 3.74. The molecule has 0 aromatic heterocycles. The van der Waals surface area contributed by atoms with Crippen molar-refractivity contribution in [3.8, 4) is 5.75 Å². The second-order valence-corrected chi connectivity index (χ2v) is 7.28. The predicted molar refractivity (Wildman–Crippen MR) is 124 cm³/mol. The van der Waals surface area contributed by atoms with Gasteiger partial charge in [0.2, 0.25) is 0 Å². The topological polar surface area (TPSA) is 62.7 Å². The van der Waals surface area contributed by atoms with Crippen LogP contribution in [0.15, 0.2) is 59.6 Å². The molecule has 0 bridgehead atoms. The number of para-hydroxylation sites is 1. The van der Waals surface area contributed by atoms with Crippen molar-refractivity contribution in [1.29, 1.82) is 0 Å². The Morgan fingerprint density at radius 2 is 1.78 bits per heavy atom. The maximum Gasteiger partial charge on any atom is 0.191 e. The molecule has 2 aromatic carbocycles. The second kappa shape index (κ2) is 13.5. The van der Waals surface area contributed by atoms with Gasteiger partial charge in [0.1, 0.15) is 5.75 Å². The maximum absolute atomic E-state index is 12.2. The third-order valence-corrected chi connectivity index (χ3v) is 5.05. The van der Waals surface area contributed by atoms with Crippen molar-refractivity contribution in [1.82, 2.24) is 10.6 Å². The number of nitrogens with one attached hydrogen (secondary N) is 2. The Kier molecular flexibility index (Phi) is 11.8. The highest BCUT2D eigenvalue weighted by atomic mass is 127. The summed E-state index contributed by atoms with van der Waals surface area (Å²) in [4.78, 5) is 4.59. The molecule has 0 radical (unpaired) electrons. The van der Waals surface area contributed by atoms with Crippen LogP contribution in [-0.2, 0) is 23.1 Å². The number of methoxy groups -OCH3 is 1. The zero-order chi connectivity index (χ0) is 18.6. The minimum atomic E-state index is -0.902. The Morgan fingerprint density at radius 3 is 2.48 bits per heavy atom. The summed E-state index contributed by atoms with van der Waals surface area (Å²) in [6.45, 7) is 3.92. The molecule has 1 unspecified atom stereocenters. The number of hydrogen-bond acceptors (Lipinski definition) is 3. The number of benzene rings is 2. The number of nitrogens with zero attached hydrogens (tertiary/aromatic N) is 1. The van der Waals surface area contributed by atoms with Crippen molar-refractivity contribution < 1.29 is 8.95 Å². The summed E-state index contributed by atoms with van der Waals surface area (Å²) in [6, 6.07) is 17.8. The maximum atomic E-state index is 12.2. The normalized spacial score (nSPS) is 12.0. The number of aliphatic imine (C=N–C) groups is 1. The van der Waals surface area contributed by atoms with Gasteiger partial charge >= 0.3 is 0 Å². The molecule has 0 saturated carbocycles. The number of halogens is 1. The summed E-state index contributed by atoms with van der Waals surface area (Å²) in [5, 5.41) is 6.46. The Bertz CT molecular complexity index is 726. The molecule has 1 atom stereocenters. The fraction of sp³-hybridized carbons (Fsp3) is 0.350. The van der Waals surface area contributed by atoms with Gasteiger partial charge in [-0.3, -0.25) is 4.21 Å². The number of guanidine groups is 1. The first-order valence-corrected chi connectivity index (χ1v) is 10.2. The average molecular weight is 501 g/mol. The van der Waals surface area contributed by atoms with E-state index in [4.69, 9.17) is 4.74 Å². The van der Waals surface area contributed by atoms with Gasteiger partial charge < -0.3 is 15.4 Å². The first-order valence-electron chi connectivity index (χ1n) is 8.76. The Balaban J connectivity index is 0.00000364. The van der Waals surface area contributed by atoms with Crippen LogP contribution in [0.3, 0.4) is 0 Å². The van der Waals surface area contributed by atoms with E-state index in [0.717, 1.165) is 29.4 Å². The summed E-state index contributed by atoms with van der Waals surface area (Å²) in [5.74, 6) is 2.71. The molecule has 0 amide bonds. The molecule has 27 heavy (non-hydrogen) atoms. The quantitative estimate of drug-likeness (QED) is 0.315. The molecule has 0 aliphatic rings. The first kappa shape index (κ1) is 23.4. The second-order valence-electron chi connectivity index (χ2n) is 5.71. The van der Waals surface area contributed by atoms with Crippen LogP contribution in [0.1, 0.15) is 18.1 Å². The van der Waals surface area contributed by atoms with Crippen molar-refractivity contribution >= 4 is 40.7 Å². The minimum Gasteiger partial charge on any atom is -0.496 e. The molecule has 0 saturated heterocycles. The van der Waals surface area contributed by atoms with Crippen molar-refractivity contribution in [2.45, 2.75) is 19.2 Å². The lowest BCUT2D eigenvalue weighted by molar-refractivity contribution is 0.410. The van der Waals surface area contributed by atoms with Crippen molar-refractivity contribution in [3.63, 3.8) is 0 Å². The van der Waals surface area contributed by atoms with Crippen LogP contribution in [0, 0.1) is 0 Å². The summed E-state index contributed by atoms with van der Waals surface area (Å²) < 4.78 is 17.6. The molecule has 7 heteroatoms. The standard InChI is InChI=1S/C20H27N3O2S.HI/c1-3-21-20(23-15-18-11-7-8-12-19(18)25-2)22-13-14-26(24)16-17-9-5-4-6-10-17;/h4-12H,3,13-16H2,1-2H3,(H2,21,22,23);1H. The van der Waals surface area contributed by atoms with Crippen LogP contribution in [0.25, 0.3) is 0 Å². The lowest BCUT2D eigenvalue weighted by Crippen LogP contribution is -2.39. The number of hydrogen-bond donors (Lipinski definition) is 2. The molecule has 0 spiro atoms. The molecule has 0 aliphatic heterocycles. The molecule has 0 fully saturated rings. The Labute approximate surface area is 181 Å². The first-order chi connectivity index (χ1) is 12.7. The summed E-state index contributed by atoms with van der Waals surface area (Å²) in [6.07, 6.45) is 0. The summed E-state index contributed by atoms with van der Waals surface area (Å²) >= 11 is 0. The van der Waals surface area contributed by atoms with Gasteiger partial charge in [-0.05, 0) is 18.6 Å². The van der Waals surface area contributed by atoms with E-state index in [-0.39, 0.29) is 24.0 Å². The highest BCUT2D eigenvalue weighted by molar-refractivity contribution is 14.0. The van der Waals surface area contributed by atoms with E-state index in [1.807, 2.05) is 61.5 Å². The van der Waals surface area contributed by atoms with Crippen LogP contribution in [0.4, 0.5) is 0 Å². The van der Waals surface area contributed by atoms with Gasteiger partial charge in [-0.15, -0.1) is 24.0 Å². The van der Waals surface area contributed by atoms with E-state index in [9.17, 15) is 4.21 Å². The minimum absolute atomic E-state index is 0. The number of ether oxygens (including phenoxy) is 1. The highest BCUT2D eigenvalue weighted by Gasteiger charge is 2.04. The predicted octanol–water partition coefficient (Wildman–Crippen LogP) is 3.32. The van der Waals surface area contributed by atoms with Gasteiger partial charge in [-0.25, -0.2) is 4.99 Å². The molecule has 2 N–H and O–H groups in total. The smallest absolute Gasteiger partial charge is 0.191 e. The fourth-order valence-electron chi connectivity index (χ4n) is 2.46. The van der Waals surface area contributed by atoms with Gasteiger partial charge in [0.25, 0.3) is 0 Å². The van der Waals surface area contributed by atoms with Crippen molar-refractivity contribution in [2.24, 2.45) is 4.99 Å². The van der Waals surface area contributed by atoms with Gasteiger partial charge in [0, 0.05) is 41.0 Å². The zero-order valence-corrected chi connectivity index (χ0v) is 19.0. The van der Waals surface area contributed by atoms with E-state index < -0.39 is 10.8 Å². The van der Waals surface area contributed by atoms with Crippen LogP contribution < -0.4 is 15.4 Å². The third kappa shape index (κ3) is 8.75. The Morgan fingerprint density at radius 1 is 1.07 bits per heavy atom. The van der Waals surface area contributed by atoms with E-state index >= 15 is 0 Å². The molecular weight excluding hydrogens is 473 g/mol. The lowest BCUT2D eigenvalue weighted by Gasteiger charge is -2.12. The van der Waals surface area contributed by atoms with E-state index in [1.54, 1.807) is 7.11 Å². The van der Waals surface area contributed by atoms with Crippen LogP contribution in [0.2, 0.25) is 0 Å². The van der Waals surface area contributed by atoms with E-state index in [0.29, 0.717) is 24.6 Å². The monoisotopic (exact) mass is 501 g/mol. The molecule has 0 aliphatic carbocycles. The van der Waals surface area contributed by atoms with Gasteiger partial charge in [-0.1, -0.05) is 48.5 Å². The summed E-state index contributed by atoms with van der Waals surface area (Å²) in [7, 11) is 0.759. The molecule has 148 valence electrons. The SMILES string of the molecule is CCNC(=NCc1ccccc1OC)NCCS(=O)Cc1ccccc1.I. The highest BCUT2D eigenvalue weighted by Crippen LogP contribution is 2.17. The van der Waals surface area contributed by atoms with Crippen LogP contribution in [0.5, 0.6) is 5.75 Å². The summed E-state index contributed by atoms with van der Waals surface area (Å²) in [5.41, 5.74) is 2.13. The van der Waals surface area contributed by atoms with E-state index in [2.05, 4.69) is 15.6 Å². The molecular formula is C20H28IN3O2S. The van der Waals surface area contributed by atoms with Crippen LogP contribution >= 0.6 is 24.0 Å². The largest absolute Gasteiger partial charge is 0.496 e. The number of rotatable bonds is 9. The van der Waals surface area contributed by atoms with Gasteiger partial charge in [-0.2, -0.15) is 0 Å². The van der Waals surface area contributed by atoms with E-state index in [1.165, 1.54) is 0 Å². The zero-order valence-electron chi connectivity index (χ0n) is 15.8. The van der Waals surface area contributed by atoms with Crippen molar-refractivity contribution in [3.05, 3.63) is 65.7 Å².